The summed E-state index contributed by atoms with van der Waals surface area (Å²) in [6.45, 7) is 7.45. The van der Waals surface area contributed by atoms with Gasteiger partial charge in [-0.15, -0.1) is 0 Å². The van der Waals surface area contributed by atoms with Crippen molar-refractivity contribution in [2.75, 3.05) is 11.9 Å². The molecule has 0 fully saturated rings. The molecule has 0 unspecified atom stereocenters. The van der Waals surface area contributed by atoms with Gasteiger partial charge in [0, 0.05) is 6.54 Å². The quantitative estimate of drug-likeness (QED) is 0.813. The van der Waals surface area contributed by atoms with Crippen LogP contribution in [-0.2, 0) is 6.54 Å². The standard InChI is InChI=1S/C18H23NO2/c1-4-20-18-11-6-5-10-17(18)19-13-15-8-7-9-16(12-15)21-14(2)3/h5-12,14,19H,4,13H2,1-3H3. The van der Waals surface area contributed by atoms with E-state index in [2.05, 4.69) is 17.4 Å². The molecule has 0 heterocycles. The van der Waals surface area contributed by atoms with E-state index < -0.39 is 0 Å². The van der Waals surface area contributed by atoms with Gasteiger partial charge in [0.15, 0.2) is 0 Å². The van der Waals surface area contributed by atoms with Crippen molar-refractivity contribution in [2.24, 2.45) is 0 Å². The maximum atomic E-state index is 5.72. The van der Waals surface area contributed by atoms with Gasteiger partial charge < -0.3 is 14.8 Å². The number of nitrogens with one attached hydrogen (secondary N) is 1. The summed E-state index contributed by atoms with van der Waals surface area (Å²) in [5, 5.41) is 3.41. The third-order valence-corrected chi connectivity index (χ3v) is 2.94. The van der Waals surface area contributed by atoms with Crippen LogP contribution in [0.5, 0.6) is 11.5 Å². The van der Waals surface area contributed by atoms with Gasteiger partial charge in [-0.1, -0.05) is 24.3 Å². The van der Waals surface area contributed by atoms with E-state index in [4.69, 9.17) is 9.47 Å². The number of hydrogen-bond acceptors (Lipinski definition) is 3. The molecule has 3 nitrogen and oxygen atoms in total. The zero-order valence-electron chi connectivity index (χ0n) is 12.9. The lowest BCUT2D eigenvalue weighted by molar-refractivity contribution is 0.242. The fraction of sp³-hybridized carbons (Fsp3) is 0.333. The molecule has 0 saturated carbocycles. The van der Waals surface area contributed by atoms with Crippen LogP contribution >= 0.6 is 0 Å². The van der Waals surface area contributed by atoms with Crippen LogP contribution in [0.3, 0.4) is 0 Å². The van der Waals surface area contributed by atoms with Crippen LogP contribution in [0.2, 0.25) is 0 Å². The first-order valence-corrected chi connectivity index (χ1v) is 7.40. The Morgan fingerprint density at radius 1 is 1.05 bits per heavy atom. The summed E-state index contributed by atoms with van der Waals surface area (Å²) in [4.78, 5) is 0. The van der Waals surface area contributed by atoms with Gasteiger partial charge in [0.05, 0.1) is 18.4 Å². The summed E-state index contributed by atoms with van der Waals surface area (Å²) in [5.74, 6) is 1.79. The summed E-state index contributed by atoms with van der Waals surface area (Å²) >= 11 is 0. The fourth-order valence-corrected chi connectivity index (χ4v) is 2.09. The average Bonchev–Trinajstić information content (AvgIpc) is 2.46. The van der Waals surface area contributed by atoms with Crippen LogP contribution in [0.4, 0.5) is 5.69 Å². The Morgan fingerprint density at radius 3 is 2.62 bits per heavy atom. The number of anilines is 1. The van der Waals surface area contributed by atoms with Crippen LogP contribution in [-0.4, -0.2) is 12.7 Å². The molecule has 0 aromatic heterocycles. The zero-order valence-corrected chi connectivity index (χ0v) is 12.9. The molecule has 0 aliphatic carbocycles. The topological polar surface area (TPSA) is 30.5 Å². The first-order valence-electron chi connectivity index (χ1n) is 7.40. The van der Waals surface area contributed by atoms with Gasteiger partial charge in [0.2, 0.25) is 0 Å². The van der Waals surface area contributed by atoms with Crippen molar-refractivity contribution in [3.63, 3.8) is 0 Å². The normalized spacial score (nSPS) is 10.5. The number of ether oxygens (including phenoxy) is 2. The smallest absolute Gasteiger partial charge is 0.142 e. The highest BCUT2D eigenvalue weighted by molar-refractivity contribution is 5.56. The first kappa shape index (κ1) is 15.2. The third-order valence-electron chi connectivity index (χ3n) is 2.94. The lowest BCUT2D eigenvalue weighted by Crippen LogP contribution is -2.06. The highest BCUT2D eigenvalue weighted by atomic mass is 16.5. The minimum absolute atomic E-state index is 0.187. The molecule has 2 aromatic carbocycles. The molecule has 21 heavy (non-hydrogen) atoms. The predicted molar refractivity (Wildman–Crippen MR) is 87.1 cm³/mol. The largest absolute Gasteiger partial charge is 0.492 e. The second-order valence-electron chi connectivity index (χ2n) is 5.10. The molecule has 3 heteroatoms. The highest BCUT2D eigenvalue weighted by Gasteiger charge is 2.03. The molecule has 0 radical (unpaired) electrons. The number of benzene rings is 2. The van der Waals surface area contributed by atoms with Crippen LogP contribution in [0.15, 0.2) is 48.5 Å². The summed E-state index contributed by atoms with van der Waals surface area (Å²) in [5.41, 5.74) is 2.19. The van der Waals surface area contributed by atoms with Crippen molar-refractivity contribution in [2.45, 2.75) is 33.4 Å². The summed E-state index contributed by atoms with van der Waals surface area (Å²) in [7, 11) is 0. The number of hydrogen-bond donors (Lipinski definition) is 1. The first-order chi connectivity index (χ1) is 10.2. The van der Waals surface area contributed by atoms with Crippen LogP contribution < -0.4 is 14.8 Å². The Morgan fingerprint density at radius 2 is 1.86 bits per heavy atom. The van der Waals surface area contributed by atoms with Crippen molar-refractivity contribution < 1.29 is 9.47 Å². The molecule has 1 N–H and O–H groups in total. The molecular formula is C18H23NO2. The maximum Gasteiger partial charge on any atom is 0.142 e. The highest BCUT2D eigenvalue weighted by Crippen LogP contribution is 2.24. The second-order valence-corrected chi connectivity index (χ2v) is 5.10. The predicted octanol–water partition coefficient (Wildman–Crippen LogP) is 4.48. The number of para-hydroxylation sites is 2. The van der Waals surface area contributed by atoms with Gasteiger partial charge in [0.1, 0.15) is 11.5 Å². The van der Waals surface area contributed by atoms with Crippen LogP contribution in [0.1, 0.15) is 26.3 Å². The molecular weight excluding hydrogens is 262 g/mol. The van der Waals surface area contributed by atoms with Crippen LogP contribution in [0.25, 0.3) is 0 Å². The molecule has 0 spiro atoms. The lowest BCUT2D eigenvalue weighted by Gasteiger charge is -2.14. The summed E-state index contributed by atoms with van der Waals surface area (Å²) in [6, 6.07) is 16.1. The monoisotopic (exact) mass is 285 g/mol. The Bertz CT molecular complexity index is 567. The van der Waals surface area contributed by atoms with Gasteiger partial charge in [-0.2, -0.15) is 0 Å². The van der Waals surface area contributed by atoms with Crippen molar-refractivity contribution in [1.29, 1.82) is 0 Å². The Labute approximate surface area is 126 Å². The lowest BCUT2D eigenvalue weighted by atomic mass is 10.2. The van der Waals surface area contributed by atoms with Gasteiger partial charge >= 0.3 is 0 Å². The molecule has 0 atom stereocenters. The Kier molecular flexibility index (Phi) is 5.50. The van der Waals surface area contributed by atoms with Gasteiger partial charge in [-0.25, -0.2) is 0 Å². The molecule has 2 aromatic rings. The van der Waals surface area contributed by atoms with Crippen LogP contribution in [0, 0.1) is 0 Å². The van der Waals surface area contributed by atoms with Crippen molar-refractivity contribution in [3.8, 4) is 11.5 Å². The maximum absolute atomic E-state index is 5.72. The third kappa shape index (κ3) is 4.71. The molecule has 2 rings (SSSR count). The minimum atomic E-state index is 0.187. The van der Waals surface area contributed by atoms with Gasteiger partial charge in [-0.3, -0.25) is 0 Å². The molecule has 0 aliphatic heterocycles. The van der Waals surface area contributed by atoms with E-state index in [9.17, 15) is 0 Å². The van der Waals surface area contributed by atoms with Gasteiger partial charge in [0.25, 0.3) is 0 Å². The second kappa shape index (κ2) is 7.58. The fourth-order valence-electron chi connectivity index (χ4n) is 2.09. The van der Waals surface area contributed by atoms with Crippen molar-refractivity contribution in [1.82, 2.24) is 0 Å². The van der Waals surface area contributed by atoms with E-state index in [1.807, 2.05) is 57.2 Å². The Hall–Kier alpha value is -2.16. The molecule has 0 amide bonds. The number of rotatable bonds is 7. The van der Waals surface area contributed by atoms with Gasteiger partial charge in [-0.05, 0) is 50.6 Å². The van der Waals surface area contributed by atoms with E-state index in [-0.39, 0.29) is 6.10 Å². The van der Waals surface area contributed by atoms with E-state index in [0.29, 0.717) is 6.61 Å². The molecule has 112 valence electrons. The summed E-state index contributed by atoms with van der Waals surface area (Å²) < 4.78 is 11.3. The SMILES string of the molecule is CCOc1ccccc1NCc1cccc(OC(C)C)c1. The van der Waals surface area contributed by atoms with E-state index in [1.165, 1.54) is 5.56 Å². The molecule has 0 saturated heterocycles. The summed E-state index contributed by atoms with van der Waals surface area (Å²) in [6.07, 6.45) is 0.187. The van der Waals surface area contributed by atoms with E-state index in [0.717, 1.165) is 23.7 Å². The molecule has 0 aliphatic rings. The van der Waals surface area contributed by atoms with Crippen molar-refractivity contribution >= 4 is 5.69 Å². The van der Waals surface area contributed by atoms with Crippen molar-refractivity contribution in [3.05, 3.63) is 54.1 Å². The molecule has 0 bridgehead atoms. The average molecular weight is 285 g/mol. The van der Waals surface area contributed by atoms with E-state index >= 15 is 0 Å². The van der Waals surface area contributed by atoms with E-state index in [1.54, 1.807) is 0 Å². The Balaban J connectivity index is 2.03. The minimum Gasteiger partial charge on any atom is -0.492 e. The zero-order chi connectivity index (χ0) is 15.1.